The summed E-state index contributed by atoms with van der Waals surface area (Å²) in [7, 11) is 0. The van der Waals surface area contributed by atoms with Gasteiger partial charge in [0, 0.05) is 17.8 Å². The molecule has 2 fully saturated rings. The monoisotopic (exact) mass is 293 g/mol. The molecule has 2 unspecified atom stereocenters. The highest BCUT2D eigenvalue weighted by molar-refractivity contribution is 7.09. The maximum absolute atomic E-state index is 12.1. The van der Waals surface area contributed by atoms with Crippen LogP contribution in [0.5, 0.6) is 0 Å². The van der Waals surface area contributed by atoms with Gasteiger partial charge in [0.15, 0.2) is 0 Å². The minimum absolute atomic E-state index is 0.00664. The molecular weight excluding hydrogens is 270 g/mol. The first kappa shape index (κ1) is 14.0. The van der Waals surface area contributed by atoms with Crippen LogP contribution in [-0.4, -0.2) is 23.5 Å². The molecule has 0 radical (unpaired) electrons. The van der Waals surface area contributed by atoms with E-state index in [0.29, 0.717) is 18.3 Å². The summed E-state index contributed by atoms with van der Waals surface area (Å²) in [5, 5.41) is 5.95. The number of rotatable bonds is 5. The van der Waals surface area contributed by atoms with Crippen LogP contribution in [0.4, 0.5) is 0 Å². The average Bonchev–Trinajstić information content (AvgIpc) is 3.07. The van der Waals surface area contributed by atoms with Gasteiger partial charge in [-0.25, -0.2) is 4.98 Å². The van der Waals surface area contributed by atoms with E-state index in [1.54, 1.807) is 0 Å². The topological polar surface area (TPSA) is 68.0 Å². The van der Waals surface area contributed by atoms with Crippen LogP contribution < -0.4 is 11.1 Å². The number of nitrogens with zero attached hydrogens (tertiary/aromatic N) is 1. The van der Waals surface area contributed by atoms with Crippen molar-refractivity contribution in [3.63, 3.8) is 0 Å². The summed E-state index contributed by atoms with van der Waals surface area (Å²) in [5.41, 5.74) is 6.07. The van der Waals surface area contributed by atoms with Crippen LogP contribution in [0, 0.1) is 11.8 Å². The van der Waals surface area contributed by atoms with Crippen LogP contribution in [0.1, 0.15) is 54.0 Å². The number of amides is 1. The first-order valence-corrected chi connectivity index (χ1v) is 8.61. The number of carbonyl (C=O) groups excluding carboxylic acids is 1. The van der Waals surface area contributed by atoms with Gasteiger partial charge in [0.2, 0.25) is 0 Å². The van der Waals surface area contributed by atoms with Gasteiger partial charge < -0.3 is 11.1 Å². The molecule has 2 atom stereocenters. The van der Waals surface area contributed by atoms with Crippen molar-refractivity contribution in [2.45, 2.75) is 51.0 Å². The van der Waals surface area contributed by atoms with Crippen LogP contribution >= 0.6 is 11.3 Å². The summed E-state index contributed by atoms with van der Waals surface area (Å²) >= 11 is 1.53. The van der Waals surface area contributed by atoms with Crippen molar-refractivity contribution >= 4 is 17.2 Å². The molecule has 1 heterocycles. The lowest BCUT2D eigenvalue weighted by Crippen LogP contribution is -2.28. The van der Waals surface area contributed by atoms with Gasteiger partial charge in [0.05, 0.1) is 5.01 Å². The lowest BCUT2D eigenvalue weighted by Gasteiger charge is -2.21. The molecule has 0 aliphatic heterocycles. The maximum Gasteiger partial charge on any atom is 0.270 e. The zero-order valence-corrected chi connectivity index (χ0v) is 12.6. The zero-order chi connectivity index (χ0) is 13.9. The second kappa shape index (κ2) is 6.22. The number of aromatic nitrogens is 1. The molecule has 2 saturated carbocycles. The summed E-state index contributed by atoms with van der Waals surface area (Å²) in [6.07, 6.45) is 8.76. The minimum atomic E-state index is -0.00664. The molecule has 2 aliphatic rings. The number of thiazole rings is 1. The molecular formula is C15H23N3OS. The summed E-state index contributed by atoms with van der Waals surface area (Å²) < 4.78 is 0. The predicted molar refractivity (Wildman–Crippen MR) is 80.8 cm³/mol. The standard InChI is InChI=1S/C15H23N3OS/c16-7-6-14-17-13(9-20-14)15(19)18-12-8-11(12)10-4-2-1-3-5-10/h9-12H,1-8,16H2,(H,18,19). The lowest BCUT2D eigenvalue weighted by molar-refractivity contribution is 0.0942. The summed E-state index contributed by atoms with van der Waals surface area (Å²) in [4.78, 5) is 16.5. The van der Waals surface area contributed by atoms with Gasteiger partial charge in [-0.05, 0) is 24.8 Å². The van der Waals surface area contributed by atoms with Crippen molar-refractivity contribution in [2.24, 2.45) is 17.6 Å². The van der Waals surface area contributed by atoms with E-state index in [1.165, 1.54) is 43.4 Å². The Hall–Kier alpha value is -0.940. The van der Waals surface area contributed by atoms with E-state index < -0.39 is 0 Å². The molecule has 2 aliphatic carbocycles. The quantitative estimate of drug-likeness (QED) is 0.875. The van der Waals surface area contributed by atoms with Gasteiger partial charge in [-0.1, -0.05) is 32.1 Å². The minimum Gasteiger partial charge on any atom is -0.348 e. The first-order chi connectivity index (χ1) is 9.78. The van der Waals surface area contributed by atoms with Gasteiger partial charge in [0.25, 0.3) is 5.91 Å². The second-order valence-corrected chi connectivity index (χ2v) is 6.99. The molecule has 1 amide bonds. The fourth-order valence-corrected chi connectivity index (χ4v) is 4.15. The van der Waals surface area contributed by atoms with Gasteiger partial charge in [-0.3, -0.25) is 4.79 Å². The molecule has 20 heavy (non-hydrogen) atoms. The fraction of sp³-hybridized carbons (Fsp3) is 0.733. The van der Waals surface area contributed by atoms with Crippen LogP contribution in [0.2, 0.25) is 0 Å². The number of carbonyl (C=O) groups is 1. The van der Waals surface area contributed by atoms with E-state index in [-0.39, 0.29) is 5.91 Å². The van der Waals surface area contributed by atoms with E-state index in [0.717, 1.165) is 29.7 Å². The van der Waals surface area contributed by atoms with Crippen molar-refractivity contribution in [3.05, 3.63) is 16.1 Å². The average molecular weight is 293 g/mol. The van der Waals surface area contributed by atoms with E-state index >= 15 is 0 Å². The molecule has 0 bridgehead atoms. The molecule has 3 N–H and O–H groups in total. The van der Waals surface area contributed by atoms with Crippen molar-refractivity contribution < 1.29 is 4.79 Å². The van der Waals surface area contributed by atoms with Gasteiger partial charge in [0.1, 0.15) is 5.69 Å². The van der Waals surface area contributed by atoms with Crippen LogP contribution in [0.15, 0.2) is 5.38 Å². The third-order valence-electron chi connectivity index (χ3n) is 4.55. The number of hydrogen-bond donors (Lipinski definition) is 2. The number of hydrogen-bond acceptors (Lipinski definition) is 4. The molecule has 1 aromatic heterocycles. The molecule has 0 aromatic carbocycles. The van der Waals surface area contributed by atoms with E-state index in [9.17, 15) is 4.79 Å². The molecule has 1 aromatic rings. The SMILES string of the molecule is NCCc1nc(C(=O)NC2CC2C2CCCCC2)cs1. The Kier molecular flexibility index (Phi) is 4.36. The first-order valence-electron chi connectivity index (χ1n) is 7.73. The van der Waals surface area contributed by atoms with Crippen molar-refractivity contribution in [1.82, 2.24) is 10.3 Å². The molecule has 0 spiro atoms. The summed E-state index contributed by atoms with van der Waals surface area (Å²) in [6.45, 7) is 0.584. The Labute approximate surface area is 124 Å². The summed E-state index contributed by atoms with van der Waals surface area (Å²) in [5.74, 6) is 1.56. The fourth-order valence-electron chi connectivity index (χ4n) is 3.36. The molecule has 0 saturated heterocycles. The van der Waals surface area contributed by atoms with Crippen LogP contribution in [-0.2, 0) is 6.42 Å². The van der Waals surface area contributed by atoms with Gasteiger partial charge in [-0.2, -0.15) is 0 Å². The van der Waals surface area contributed by atoms with Crippen molar-refractivity contribution in [1.29, 1.82) is 0 Å². The van der Waals surface area contributed by atoms with Crippen molar-refractivity contribution in [3.8, 4) is 0 Å². The smallest absolute Gasteiger partial charge is 0.270 e. The Morgan fingerprint density at radius 2 is 2.20 bits per heavy atom. The normalized spacial score (nSPS) is 26.4. The molecule has 5 heteroatoms. The highest BCUT2D eigenvalue weighted by Crippen LogP contribution is 2.44. The Morgan fingerprint density at radius 1 is 1.40 bits per heavy atom. The van der Waals surface area contributed by atoms with Crippen LogP contribution in [0.3, 0.4) is 0 Å². The molecule has 3 rings (SSSR count). The highest BCUT2D eigenvalue weighted by atomic mass is 32.1. The zero-order valence-electron chi connectivity index (χ0n) is 11.8. The van der Waals surface area contributed by atoms with Gasteiger partial charge in [-0.15, -0.1) is 11.3 Å². The maximum atomic E-state index is 12.1. The Bertz CT molecular complexity index is 467. The van der Waals surface area contributed by atoms with E-state index in [4.69, 9.17) is 5.73 Å². The Morgan fingerprint density at radius 3 is 2.95 bits per heavy atom. The third kappa shape index (κ3) is 3.20. The predicted octanol–water partition coefficient (Wildman–Crippen LogP) is 2.34. The molecule has 110 valence electrons. The molecule has 4 nitrogen and oxygen atoms in total. The lowest BCUT2D eigenvalue weighted by atomic mass is 9.85. The summed E-state index contributed by atoms with van der Waals surface area (Å²) in [6, 6.07) is 0.394. The van der Waals surface area contributed by atoms with Crippen molar-refractivity contribution in [2.75, 3.05) is 6.54 Å². The van der Waals surface area contributed by atoms with Gasteiger partial charge >= 0.3 is 0 Å². The third-order valence-corrected chi connectivity index (χ3v) is 5.46. The Balaban J connectivity index is 1.49. The largest absolute Gasteiger partial charge is 0.348 e. The number of nitrogens with one attached hydrogen (secondary N) is 1. The second-order valence-electron chi connectivity index (χ2n) is 6.04. The number of nitrogens with two attached hydrogens (primary N) is 1. The van der Waals surface area contributed by atoms with E-state index in [2.05, 4.69) is 10.3 Å². The van der Waals surface area contributed by atoms with E-state index in [1.807, 2.05) is 5.38 Å². The highest BCUT2D eigenvalue weighted by Gasteiger charge is 2.43. The van der Waals surface area contributed by atoms with Crippen LogP contribution in [0.25, 0.3) is 0 Å².